The minimum Gasteiger partial charge on any atom is -0.480 e. The number of hydrogen-bond acceptors (Lipinski definition) is 4. The van der Waals surface area contributed by atoms with Gasteiger partial charge in [-0.05, 0) is 37.5 Å². The first kappa shape index (κ1) is 15.8. The molecule has 5 nitrogen and oxygen atoms in total. The van der Waals surface area contributed by atoms with Gasteiger partial charge in [0.25, 0.3) is 0 Å². The SMILES string of the molecule is CSCC[C@@H](NC(=O)NCc1ccc(C)s1)C(=O)O. The van der Waals surface area contributed by atoms with Gasteiger partial charge in [-0.1, -0.05) is 0 Å². The maximum absolute atomic E-state index is 11.6. The monoisotopic (exact) mass is 302 g/mol. The highest BCUT2D eigenvalue weighted by Gasteiger charge is 2.19. The van der Waals surface area contributed by atoms with Gasteiger partial charge in [-0.15, -0.1) is 11.3 Å². The molecule has 1 heterocycles. The molecule has 0 spiro atoms. The lowest BCUT2D eigenvalue weighted by Gasteiger charge is -2.14. The van der Waals surface area contributed by atoms with Crippen LogP contribution in [0.25, 0.3) is 0 Å². The van der Waals surface area contributed by atoms with E-state index < -0.39 is 18.0 Å². The van der Waals surface area contributed by atoms with Crippen LogP contribution in [0.5, 0.6) is 0 Å². The largest absolute Gasteiger partial charge is 0.480 e. The van der Waals surface area contributed by atoms with Gasteiger partial charge in [0.1, 0.15) is 6.04 Å². The number of hydrogen-bond donors (Lipinski definition) is 3. The summed E-state index contributed by atoms with van der Waals surface area (Å²) in [6.07, 6.45) is 2.32. The van der Waals surface area contributed by atoms with Crippen molar-refractivity contribution in [2.45, 2.75) is 25.9 Å². The molecule has 7 heteroatoms. The van der Waals surface area contributed by atoms with Crippen molar-refractivity contribution in [3.63, 3.8) is 0 Å². The minimum atomic E-state index is -1.00. The van der Waals surface area contributed by atoms with E-state index in [1.807, 2.05) is 25.3 Å². The first-order chi connectivity index (χ1) is 9.02. The van der Waals surface area contributed by atoms with Crippen LogP contribution < -0.4 is 10.6 Å². The molecule has 0 aliphatic rings. The number of carbonyl (C=O) groups is 2. The predicted molar refractivity (Wildman–Crippen MR) is 78.9 cm³/mol. The molecule has 1 aromatic rings. The number of rotatable bonds is 7. The number of carboxylic acid groups (broad SMARTS) is 1. The lowest BCUT2D eigenvalue weighted by Crippen LogP contribution is -2.46. The quantitative estimate of drug-likeness (QED) is 0.720. The highest BCUT2D eigenvalue weighted by atomic mass is 32.2. The van der Waals surface area contributed by atoms with E-state index in [1.54, 1.807) is 23.1 Å². The lowest BCUT2D eigenvalue weighted by molar-refractivity contribution is -0.139. The molecule has 1 aromatic heterocycles. The normalized spacial score (nSPS) is 11.9. The number of thiophene rings is 1. The molecule has 0 saturated heterocycles. The topological polar surface area (TPSA) is 78.4 Å². The van der Waals surface area contributed by atoms with Crippen LogP contribution in [0.1, 0.15) is 16.2 Å². The van der Waals surface area contributed by atoms with E-state index in [1.165, 1.54) is 4.88 Å². The zero-order valence-corrected chi connectivity index (χ0v) is 12.6. The van der Waals surface area contributed by atoms with Gasteiger partial charge in [0, 0.05) is 9.75 Å². The molecule has 0 aliphatic carbocycles. The number of aryl methyl sites for hydroxylation is 1. The van der Waals surface area contributed by atoms with Crippen molar-refractivity contribution in [3.05, 3.63) is 21.9 Å². The van der Waals surface area contributed by atoms with Crippen molar-refractivity contribution in [3.8, 4) is 0 Å². The second-order valence-electron chi connectivity index (χ2n) is 4.01. The molecule has 0 fully saturated rings. The number of amides is 2. The Morgan fingerprint density at radius 2 is 2.21 bits per heavy atom. The summed E-state index contributed by atoms with van der Waals surface area (Å²) in [6, 6.07) is 2.65. The van der Waals surface area contributed by atoms with Crippen LogP contribution in [0.4, 0.5) is 4.79 Å². The molecule has 0 unspecified atom stereocenters. The molecule has 2 amide bonds. The van der Waals surface area contributed by atoms with Crippen LogP contribution in [0.2, 0.25) is 0 Å². The van der Waals surface area contributed by atoms with E-state index in [9.17, 15) is 9.59 Å². The zero-order chi connectivity index (χ0) is 14.3. The number of aliphatic carboxylic acids is 1. The Labute approximate surface area is 120 Å². The van der Waals surface area contributed by atoms with Crippen molar-refractivity contribution < 1.29 is 14.7 Å². The molecule has 0 bridgehead atoms. The van der Waals surface area contributed by atoms with Crippen LogP contribution in [0, 0.1) is 6.92 Å². The van der Waals surface area contributed by atoms with Gasteiger partial charge in [0.15, 0.2) is 0 Å². The third-order valence-electron chi connectivity index (χ3n) is 2.43. The second kappa shape index (κ2) is 8.06. The van der Waals surface area contributed by atoms with Gasteiger partial charge in [0.05, 0.1) is 6.54 Å². The minimum absolute atomic E-state index is 0.416. The summed E-state index contributed by atoms with van der Waals surface area (Å²) in [5.74, 6) is -0.308. The van der Waals surface area contributed by atoms with E-state index in [4.69, 9.17) is 5.11 Å². The molecule has 1 rings (SSSR count). The summed E-state index contributed by atoms with van der Waals surface area (Å²) in [4.78, 5) is 24.8. The van der Waals surface area contributed by atoms with Gasteiger partial charge in [-0.2, -0.15) is 11.8 Å². The molecular formula is C12H18N2O3S2. The molecule has 1 atom stereocenters. The molecule has 0 radical (unpaired) electrons. The first-order valence-corrected chi connectivity index (χ1v) is 8.05. The van der Waals surface area contributed by atoms with Crippen molar-refractivity contribution >= 4 is 35.1 Å². The van der Waals surface area contributed by atoms with E-state index in [0.29, 0.717) is 18.7 Å². The van der Waals surface area contributed by atoms with Crippen LogP contribution in [0.15, 0.2) is 12.1 Å². The Hall–Kier alpha value is -1.21. The van der Waals surface area contributed by atoms with Gasteiger partial charge in [0.2, 0.25) is 0 Å². The number of urea groups is 1. The lowest BCUT2D eigenvalue weighted by atomic mass is 10.2. The Balaban J connectivity index is 2.37. The Bertz CT molecular complexity index is 434. The zero-order valence-electron chi connectivity index (χ0n) is 10.9. The molecule has 0 saturated carbocycles. The molecule has 0 aliphatic heterocycles. The van der Waals surface area contributed by atoms with E-state index in [2.05, 4.69) is 10.6 Å². The van der Waals surface area contributed by atoms with Crippen molar-refractivity contribution in [1.82, 2.24) is 10.6 Å². The summed E-state index contributed by atoms with van der Waals surface area (Å²) in [5, 5.41) is 14.1. The summed E-state index contributed by atoms with van der Waals surface area (Å²) in [7, 11) is 0. The fraction of sp³-hybridized carbons (Fsp3) is 0.500. The Kier molecular flexibility index (Phi) is 6.72. The number of carbonyl (C=O) groups excluding carboxylic acids is 1. The van der Waals surface area contributed by atoms with Crippen LogP contribution in [-0.2, 0) is 11.3 Å². The summed E-state index contributed by atoms with van der Waals surface area (Å²) in [6.45, 7) is 2.41. The average molecular weight is 302 g/mol. The van der Waals surface area contributed by atoms with Crippen molar-refractivity contribution in [1.29, 1.82) is 0 Å². The maximum Gasteiger partial charge on any atom is 0.326 e. The molecule has 106 valence electrons. The fourth-order valence-electron chi connectivity index (χ4n) is 1.45. The smallest absolute Gasteiger partial charge is 0.326 e. The molecule has 0 aromatic carbocycles. The summed E-state index contributed by atoms with van der Waals surface area (Å²) < 4.78 is 0. The van der Waals surface area contributed by atoms with Crippen molar-refractivity contribution in [2.24, 2.45) is 0 Å². The highest BCUT2D eigenvalue weighted by molar-refractivity contribution is 7.98. The summed E-state index contributed by atoms with van der Waals surface area (Å²) in [5.41, 5.74) is 0. The van der Waals surface area contributed by atoms with Gasteiger partial charge >= 0.3 is 12.0 Å². The van der Waals surface area contributed by atoms with E-state index >= 15 is 0 Å². The van der Waals surface area contributed by atoms with Crippen LogP contribution in [0.3, 0.4) is 0 Å². The fourth-order valence-corrected chi connectivity index (χ4v) is 2.75. The summed E-state index contributed by atoms with van der Waals surface area (Å²) >= 11 is 3.16. The Morgan fingerprint density at radius 1 is 1.47 bits per heavy atom. The Morgan fingerprint density at radius 3 is 2.74 bits per heavy atom. The van der Waals surface area contributed by atoms with E-state index in [-0.39, 0.29) is 0 Å². The third-order valence-corrected chi connectivity index (χ3v) is 4.08. The predicted octanol–water partition coefficient (Wildman–Crippen LogP) is 2.06. The van der Waals surface area contributed by atoms with Crippen LogP contribution >= 0.6 is 23.1 Å². The molecule has 19 heavy (non-hydrogen) atoms. The van der Waals surface area contributed by atoms with E-state index in [0.717, 1.165) is 4.88 Å². The van der Waals surface area contributed by atoms with Gasteiger partial charge in [-0.3, -0.25) is 0 Å². The van der Waals surface area contributed by atoms with Gasteiger partial charge in [-0.25, -0.2) is 9.59 Å². The van der Waals surface area contributed by atoms with Crippen LogP contribution in [-0.4, -0.2) is 35.2 Å². The third kappa shape index (κ3) is 5.98. The number of thioether (sulfide) groups is 1. The molecular weight excluding hydrogens is 284 g/mol. The first-order valence-electron chi connectivity index (χ1n) is 5.84. The number of carboxylic acids is 1. The standard InChI is InChI=1S/C12H18N2O3S2/c1-8-3-4-9(19-8)7-13-12(17)14-10(11(15)16)5-6-18-2/h3-4,10H,5-7H2,1-2H3,(H,15,16)(H2,13,14,17)/t10-/m1/s1. The highest BCUT2D eigenvalue weighted by Crippen LogP contribution is 2.14. The average Bonchev–Trinajstić information content (AvgIpc) is 2.77. The maximum atomic E-state index is 11.6. The number of nitrogens with one attached hydrogen (secondary N) is 2. The molecule has 3 N–H and O–H groups in total. The second-order valence-corrected chi connectivity index (χ2v) is 6.37. The van der Waals surface area contributed by atoms with Crippen molar-refractivity contribution in [2.75, 3.05) is 12.0 Å². The van der Waals surface area contributed by atoms with Gasteiger partial charge < -0.3 is 15.7 Å².